The zero-order valence-electron chi connectivity index (χ0n) is 9.73. The Labute approximate surface area is 114 Å². The van der Waals surface area contributed by atoms with Gasteiger partial charge < -0.3 is 4.98 Å². The van der Waals surface area contributed by atoms with Crippen LogP contribution in [-0.2, 0) is 0 Å². The number of rotatable bonds is 2. The van der Waals surface area contributed by atoms with Crippen LogP contribution in [0.5, 0.6) is 0 Å². The van der Waals surface area contributed by atoms with Gasteiger partial charge in [0.05, 0.1) is 0 Å². The molecule has 0 amide bonds. The zero-order valence-corrected chi connectivity index (χ0v) is 11.3. The average molecular weight is 298 g/mol. The third kappa shape index (κ3) is 2.39. The molecule has 88 valence electrons. The molecule has 0 saturated heterocycles. The summed E-state index contributed by atoms with van der Waals surface area (Å²) in [4.78, 5) is 3.39. The highest BCUT2D eigenvalue weighted by molar-refractivity contribution is 9.10. The summed E-state index contributed by atoms with van der Waals surface area (Å²) in [6, 6.07) is 18.7. The van der Waals surface area contributed by atoms with Crippen LogP contribution in [0.15, 0.2) is 59.1 Å². The van der Waals surface area contributed by atoms with Crippen LogP contribution >= 0.6 is 15.9 Å². The third-order valence-electron chi connectivity index (χ3n) is 2.86. The molecule has 0 bridgehead atoms. The van der Waals surface area contributed by atoms with E-state index in [0.29, 0.717) is 0 Å². The largest absolute Gasteiger partial charge is 0.355 e. The first kappa shape index (κ1) is 11.3. The van der Waals surface area contributed by atoms with E-state index in [2.05, 4.69) is 69.5 Å². The first-order valence-electron chi connectivity index (χ1n) is 5.83. The minimum Gasteiger partial charge on any atom is -0.355 e. The molecule has 0 saturated carbocycles. The van der Waals surface area contributed by atoms with Crippen molar-refractivity contribution in [3.05, 3.63) is 70.3 Å². The lowest BCUT2D eigenvalue weighted by Gasteiger charge is -1.90. The summed E-state index contributed by atoms with van der Waals surface area (Å²) in [5.74, 6) is 0. The number of aromatic nitrogens is 1. The maximum absolute atomic E-state index is 3.48. The quantitative estimate of drug-likeness (QED) is 0.677. The minimum absolute atomic E-state index is 1.09. The fraction of sp³-hybridized carbons (Fsp3) is 0. The molecule has 0 atom stereocenters. The van der Waals surface area contributed by atoms with Crippen molar-refractivity contribution in [2.75, 3.05) is 0 Å². The number of hydrogen-bond acceptors (Lipinski definition) is 0. The van der Waals surface area contributed by atoms with Crippen molar-refractivity contribution < 1.29 is 0 Å². The second-order valence-electron chi connectivity index (χ2n) is 4.20. The van der Waals surface area contributed by atoms with E-state index in [0.717, 1.165) is 15.7 Å². The summed E-state index contributed by atoms with van der Waals surface area (Å²) in [5, 5.41) is 1.23. The summed E-state index contributed by atoms with van der Waals surface area (Å²) in [6.45, 7) is 0. The molecule has 0 fully saturated rings. The normalized spacial score (nSPS) is 11.4. The van der Waals surface area contributed by atoms with Gasteiger partial charge in [-0.1, -0.05) is 58.4 Å². The Bertz CT molecular complexity index is 695. The molecule has 0 aliphatic carbocycles. The van der Waals surface area contributed by atoms with Crippen LogP contribution in [0.1, 0.15) is 11.3 Å². The molecule has 18 heavy (non-hydrogen) atoms. The topological polar surface area (TPSA) is 15.8 Å². The first-order valence-corrected chi connectivity index (χ1v) is 6.62. The Kier molecular flexibility index (Phi) is 3.03. The average Bonchev–Trinajstić information content (AvgIpc) is 2.79. The van der Waals surface area contributed by atoms with E-state index < -0.39 is 0 Å². The lowest BCUT2D eigenvalue weighted by molar-refractivity contribution is 1.43. The van der Waals surface area contributed by atoms with Crippen LogP contribution < -0.4 is 0 Å². The molecule has 3 aromatic rings. The Hall–Kier alpha value is -1.80. The highest BCUT2D eigenvalue weighted by Gasteiger charge is 1.98. The van der Waals surface area contributed by atoms with Crippen LogP contribution in [0.2, 0.25) is 0 Å². The maximum atomic E-state index is 3.48. The van der Waals surface area contributed by atoms with Crippen LogP contribution in [-0.4, -0.2) is 4.98 Å². The molecule has 1 nitrogen and oxygen atoms in total. The third-order valence-corrected chi connectivity index (χ3v) is 3.35. The molecule has 0 unspecified atom stereocenters. The Balaban J connectivity index is 1.93. The van der Waals surface area contributed by atoms with Gasteiger partial charge in [-0.15, -0.1) is 0 Å². The number of nitrogens with one attached hydrogen (secondary N) is 1. The van der Waals surface area contributed by atoms with Crippen molar-refractivity contribution in [1.82, 2.24) is 4.98 Å². The van der Waals surface area contributed by atoms with Crippen LogP contribution in [0, 0.1) is 0 Å². The Morgan fingerprint density at radius 2 is 1.72 bits per heavy atom. The maximum Gasteiger partial charge on any atom is 0.0469 e. The molecule has 1 aromatic heterocycles. The molecular weight excluding hydrogens is 286 g/mol. The van der Waals surface area contributed by atoms with Crippen molar-refractivity contribution in [1.29, 1.82) is 0 Å². The van der Waals surface area contributed by atoms with Crippen molar-refractivity contribution >= 4 is 39.0 Å². The van der Waals surface area contributed by atoms with E-state index in [1.807, 2.05) is 18.2 Å². The molecule has 3 rings (SSSR count). The summed E-state index contributed by atoms with van der Waals surface area (Å²) in [6.07, 6.45) is 4.21. The number of fused-ring (bicyclic) bond motifs is 1. The zero-order chi connectivity index (χ0) is 12.4. The second-order valence-corrected chi connectivity index (χ2v) is 5.12. The van der Waals surface area contributed by atoms with Gasteiger partial charge in [-0.25, -0.2) is 0 Å². The van der Waals surface area contributed by atoms with Crippen LogP contribution in [0.4, 0.5) is 0 Å². The molecule has 1 heterocycles. The molecule has 1 N–H and O–H groups in total. The van der Waals surface area contributed by atoms with Crippen molar-refractivity contribution in [2.24, 2.45) is 0 Å². The fourth-order valence-corrected chi connectivity index (χ4v) is 2.32. The second kappa shape index (κ2) is 4.83. The van der Waals surface area contributed by atoms with Gasteiger partial charge in [0, 0.05) is 21.1 Å². The first-order chi connectivity index (χ1) is 8.81. The van der Waals surface area contributed by atoms with E-state index in [-0.39, 0.29) is 0 Å². The molecule has 0 aliphatic heterocycles. The highest BCUT2D eigenvalue weighted by Crippen LogP contribution is 2.21. The number of aromatic amines is 1. The van der Waals surface area contributed by atoms with E-state index in [9.17, 15) is 0 Å². The van der Waals surface area contributed by atoms with E-state index >= 15 is 0 Å². The standard InChI is InChI=1S/C16H12BrN/c17-14-8-7-13-10-15(18-16(13)11-14)9-6-12-4-2-1-3-5-12/h1-11,18H/b9-6+. The number of halogens is 1. The van der Waals surface area contributed by atoms with Gasteiger partial charge in [0.25, 0.3) is 0 Å². The Morgan fingerprint density at radius 3 is 2.56 bits per heavy atom. The van der Waals surface area contributed by atoms with E-state index in [1.54, 1.807) is 0 Å². The fourth-order valence-electron chi connectivity index (χ4n) is 1.96. The van der Waals surface area contributed by atoms with Gasteiger partial charge in [0.2, 0.25) is 0 Å². The monoisotopic (exact) mass is 297 g/mol. The summed E-state index contributed by atoms with van der Waals surface area (Å²) < 4.78 is 1.09. The predicted octanol–water partition coefficient (Wildman–Crippen LogP) is 5.10. The summed E-state index contributed by atoms with van der Waals surface area (Å²) in [5.41, 5.74) is 3.47. The van der Waals surface area contributed by atoms with Gasteiger partial charge in [-0.3, -0.25) is 0 Å². The minimum atomic E-state index is 1.09. The van der Waals surface area contributed by atoms with Crippen molar-refractivity contribution in [2.45, 2.75) is 0 Å². The molecule has 0 spiro atoms. The van der Waals surface area contributed by atoms with E-state index in [1.165, 1.54) is 10.9 Å². The highest BCUT2D eigenvalue weighted by atomic mass is 79.9. The van der Waals surface area contributed by atoms with Crippen LogP contribution in [0.3, 0.4) is 0 Å². The van der Waals surface area contributed by atoms with Crippen LogP contribution in [0.25, 0.3) is 23.1 Å². The van der Waals surface area contributed by atoms with Crippen molar-refractivity contribution in [3.8, 4) is 0 Å². The summed E-state index contributed by atoms with van der Waals surface area (Å²) >= 11 is 3.48. The van der Waals surface area contributed by atoms with E-state index in [4.69, 9.17) is 0 Å². The lowest BCUT2D eigenvalue weighted by atomic mass is 10.2. The predicted molar refractivity (Wildman–Crippen MR) is 81.4 cm³/mol. The molecule has 0 radical (unpaired) electrons. The molecule has 0 aliphatic rings. The van der Waals surface area contributed by atoms with Gasteiger partial charge in [-0.2, -0.15) is 0 Å². The molecule has 2 heteroatoms. The number of H-pyrrole nitrogens is 1. The van der Waals surface area contributed by atoms with Gasteiger partial charge in [-0.05, 0) is 29.8 Å². The van der Waals surface area contributed by atoms with Gasteiger partial charge in [0.1, 0.15) is 0 Å². The Morgan fingerprint density at radius 1 is 0.889 bits per heavy atom. The lowest BCUT2D eigenvalue weighted by Crippen LogP contribution is -1.71. The van der Waals surface area contributed by atoms with Crippen molar-refractivity contribution in [3.63, 3.8) is 0 Å². The molecule has 2 aromatic carbocycles. The summed E-state index contributed by atoms with van der Waals surface area (Å²) in [7, 11) is 0. The smallest absolute Gasteiger partial charge is 0.0469 e. The molecular formula is C16H12BrN. The van der Waals surface area contributed by atoms with Gasteiger partial charge >= 0.3 is 0 Å². The number of benzene rings is 2. The van der Waals surface area contributed by atoms with Gasteiger partial charge in [0.15, 0.2) is 0 Å². The SMILES string of the molecule is Brc1ccc2cc(/C=C/c3ccccc3)[nH]c2c1. The number of hydrogen-bond donors (Lipinski definition) is 1.